The molecule has 0 spiro atoms. The van der Waals surface area contributed by atoms with Crippen LogP contribution in [0, 0.1) is 0 Å². The lowest BCUT2D eigenvalue weighted by atomic mass is 10.0. The molecule has 0 aromatic heterocycles. The number of carbonyl (C=O) groups excluding carboxylic acids is 3. The van der Waals surface area contributed by atoms with Crippen molar-refractivity contribution < 1.29 is 28.6 Å². The van der Waals surface area contributed by atoms with E-state index in [1.807, 2.05) is 6.07 Å². The molecule has 0 radical (unpaired) electrons. The predicted molar refractivity (Wildman–Crippen MR) is 110 cm³/mol. The van der Waals surface area contributed by atoms with Crippen LogP contribution in [0.15, 0.2) is 46.6 Å². The maximum atomic E-state index is 13.2. The van der Waals surface area contributed by atoms with Gasteiger partial charge in [-0.15, -0.1) is 0 Å². The topological polar surface area (TPSA) is 97.7 Å². The van der Waals surface area contributed by atoms with Gasteiger partial charge in [0.25, 0.3) is 0 Å². The summed E-state index contributed by atoms with van der Waals surface area (Å²) < 4.78 is 15.3. The van der Waals surface area contributed by atoms with E-state index in [1.54, 1.807) is 64.0 Å². The van der Waals surface area contributed by atoms with Crippen molar-refractivity contribution in [2.24, 2.45) is 4.99 Å². The van der Waals surface area contributed by atoms with Gasteiger partial charge in [-0.2, -0.15) is 0 Å². The van der Waals surface area contributed by atoms with E-state index in [1.165, 1.54) is 7.11 Å². The average Bonchev–Trinajstić information content (AvgIpc) is 2.70. The summed E-state index contributed by atoms with van der Waals surface area (Å²) in [6.07, 6.45) is -1.76. The summed E-state index contributed by atoms with van der Waals surface area (Å²) in [6, 6.07) is 8.83. The van der Waals surface area contributed by atoms with E-state index in [9.17, 15) is 14.4 Å². The third kappa shape index (κ3) is 4.85. The smallest absolute Gasteiger partial charge is 0.420 e. The highest BCUT2D eigenvalue weighted by Crippen LogP contribution is 2.30. The van der Waals surface area contributed by atoms with Crippen molar-refractivity contribution in [2.75, 3.05) is 28.3 Å². The summed E-state index contributed by atoms with van der Waals surface area (Å²) in [4.78, 5) is 45.8. The van der Waals surface area contributed by atoms with E-state index in [2.05, 4.69) is 4.99 Å². The molecule has 1 amide bonds. The van der Waals surface area contributed by atoms with Gasteiger partial charge in [-0.25, -0.2) is 24.3 Å². The fourth-order valence-corrected chi connectivity index (χ4v) is 2.85. The lowest BCUT2D eigenvalue weighted by Crippen LogP contribution is -2.50. The molecule has 162 valence electrons. The van der Waals surface area contributed by atoms with E-state index >= 15 is 0 Å². The number of hydrogen-bond acceptors (Lipinski definition) is 8. The van der Waals surface area contributed by atoms with E-state index in [0.29, 0.717) is 5.56 Å². The van der Waals surface area contributed by atoms with Crippen molar-refractivity contribution in [2.45, 2.75) is 32.5 Å². The van der Waals surface area contributed by atoms with Crippen molar-refractivity contribution in [1.82, 2.24) is 9.80 Å². The molecule has 0 saturated carbocycles. The molecule has 1 aliphatic rings. The number of rotatable bonds is 4. The van der Waals surface area contributed by atoms with Gasteiger partial charge in [0.15, 0.2) is 5.70 Å². The Kier molecular flexibility index (Phi) is 6.99. The number of aliphatic imine (C=N–C) groups is 1. The SMILES string of the molecule is COC(=O)C1=C(C(=O)OC)N(C(=O)OC(C)(C)C)C(c2ccccc2)=NC1N(C)C. The molecule has 1 heterocycles. The van der Waals surface area contributed by atoms with Crippen molar-refractivity contribution in [3.63, 3.8) is 0 Å². The van der Waals surface area contributed by atoms with E-state index in [-0.39, 0.29) is 17.1 Å². The number of esters is 2. The number of benzene rings is 1. The molecule has 0 saturated heterocycles. The molecule has 0 N–H and O–H groups in total. The Labute approximate surface area is 175 Å². The third-order valence-electron chi connectivity index (χ3n) is 4.07. The Hall–Kier alpha value is -3.20. The van der Waals surface area contributed by atoms with E-state index < -0.39 is 29.8 Å². The van der Waals surface area contributed by atoms with Gasteiger partial charge in [0.05, 0.1) is 14.2 Å². The van der Waals surface area contributed by atoms with Gasteiger partial charge in [-0.1, -0.05) is 30.3 Å². The zero-order chi connectivity index (χ0) is 22.6. The Balaban J connectivity index is 2.83. The number of methoxy groups -OCH3 is 2. The van der Waals surface area contributed by atoms with Crippen LogP contribution in [0.3, 0.4) is 0 Å². The van der Waals surface area contributed by atoms with E-state index in [0.717, 1.165) is 12.0 Å². The van der Waals surface area contributed by atoms with Gasteiger partial charge < -0.3 is 14.2 Å². The van der Waals surface area contributed by atoms with Gasteiger partial charge in [0, 0.05) is 5.56 Å². The Bertz CT molecular complexity index is 884. The summed E-state index contributed by atoms with van der Waals surface area (Å²) in [5, 5.41) is 0. The second-order valence-electron chi connectivity index (χ2n) is 7.72. The standard InChI is InChI=1S/C21H27N3O6/c1-21(2,3)30-20(27)24-15(19(26)29-7)14(18(25)28-6)17(23(4)5)22-16(24)13-11-9-8-10-12-13/h8-12,17H,1-7H3. The fraction of sp³-hybridized carbons (Fsp3) is 0.429. The summed E-state index contributed by atoms with van der Waals surface area (Å²) in [5.41, 5.74) is -0.726. The van der Waals surface area contributed by atoms with Crippen molar-refractivity contribution >= 4 is 23.9 Å². The van der Waals surface area contributed by atoms with Crippen LogP contribution >= 0.6 is 0 Å². The lowest BCUT2D eigenvalue weighted by Gasteiger charge is -2.36. The summed E-state index contributed by atoms with van der Waals surface area (Å²) >= 11 is 0. The first-order valence-corrected chi connectivity index (χ1v) is 9.25. The molecule has 0 aliphatic carbocycles. The molecule has 2 rings (SSSR count). The maximum absolute atomic E-state index is 13.2. The Morgan fingerprint density at radius 1 is 1.00 bits per heavy atom. The molecule has 1 aromatic carbocycles. The molecule has 0 fully saturated rings. The molecule has 9 nitrogen and oxygen atoms in total. The second kappa shape index (κ2) is 9.08. The number of carbonyl (C=O) groups is 3. The zero-order valence-corrected chi connectivity index (χ0v) is 18.3. The minimum Gasteiger partial charge on any atom is -0.465 e. The van der Waals surface area contributed by atoms with Crippen LogP contribution in [0.4, 0.5) is 4.79 Å². The van der Waals surface area contributed by atoms with Crippen LogP contribution in [0.2, 0.25) is 0 Å². The number of ether oxygens (including phenoxy) is 3. The van der Waals surface area contributed by atoms with Crippen LogP contribution < -0.4 is 0 Å². The molecule has 0 bridgehead atoms. The molecular weight excluding hydrogens is 390 g/mol. The second-order valence-corrected chi connectivity index (χ2v) is 7.72. The largest absolute Gasteiger partial charge is 0.465 e. The van der Waals surface area contributed by atoms with Gasteiger partial charge in [-0.05, 0) is 34.9 Å². The van der Waals surface area contributed by atoms with Crippen LogP contribution in [-0.2, 0) is 23.8 Å². The minimum atomic E-state index is -0.892. The first kappa shape index (κ1) is 23.1. The van der Waals surface area contributed by atoms with Crippen LogP contribution in [0.1, 0.15) is 26.3 Å². The summed E-state index contributed by atoms with van der Waals surface area (Å²) in [7, 11) is 5.73. The van der Waals surface area contributed by atoms with E-state index in [4.69, 9.17) is 14.2 Å². The summed E-state index contributed by atoms with van der Waals surface area (Å²) in [6.45, 7) is 5.08. The molecule has 1 aliphatic heterocycles. The quantitative estimate of drug-likeness (QED) is 0.547. The van der Waals surface area contributed by atoms with Crippen molar-refractivity contribution in [1.29, 1.82) is 0 Å². The molecule has 1 atom stereocenters. The molecule has 1 unspecified atom stereocenters. The van der Waals surface area contributed by atoms with Gasteiger partial charge in [0.1, 0.15) is 23.2 Å². The molecule has 1 aromatic rings. The number of hydrogen-bond donors (Lipinski definition) is 0. The minimum absolute atomic E-state index is 0.125. The molecule has 9 heteroatoms. The highest BCUT2D eigenvalue weighted by Gasteiger charge is 2.44. The van der Waals surface area contributed by atoms with Crippen LogP contribution in [-0.4, -0.2) is 73.7 Å². The van der Waals surface area contributed by atoms with Crippen molar-refractivity contribution in [3.05, 3.63) is 47.2 Å². The maximum Gasteiger partial charge on any atom is 0.420 e. The number of amidine groups is 1. The molecule has 30 heavy (non-hydrogen) atoms. The highest BCUT2D eigenvalue weighted by atomic mass is 16.6. The van der Waals surface area contributed by atoms with Gasteiger partial charge in [-0.3, -0.25) is 4.90 Å². The van der Waals surface area contributed by atoms with Crippen molar-refractivity contribution in [3.8, 4) is 0 Å². The van der Waals surface area contributed by atoms with Gasteiger partial charge >= 0.3 is 18.0 Å². The number of likely N-dealkylation sites (N-methyl/N-ethyl adjacent to an activating group) is 1. The average molecular weight is 417 g/mol. The lowest BCUT2D eigenvalue weighted by molar-refractivity contribution is -0.141. The normalized spacial score (nSPS) is 16.9. The highest BCUT2D eigenvalue weighted by molar-refractivity contribution is 6.16. The molecular formula is C21H27N3O6. The first-order chi connectivity index (χ1) is 14.0. The predicted octanol–water partition coefficient (Wildman–Crippen LogP) is 2.17. The Morgan fingerprint density at radius 3 is 2.03 bits per heavy atom. The first-order valence-electron chi connectivity index (χ1n) is 9.25. The van der Waals surface area contributed by atoms with Crippen LogP contribution in [0.25, 0.3) is 0 Å². The zero-order valence-electron chi connectivity index (χ0n) is 18.3. The fourth-order valence-electron chi connectivity index (χ4n) is 2.85. The van der Waals surface area contributed by atoms with Crippen LogP contribution in [0.5, 0.6) is 0 Å². The number of amides is 1. The summed E-state index contributed by atoms with van der Waals surface area (Å²) in [5.74, 6) is -1.55. The number of nitrogens with zero attached hydrogens (tertiary/aromatic N) is 3. The monoisotopic (exact) mass is 417 g/mol. The third-order valence-corrected chi connectivity index (χ3v) is 4.07. The Morgan fingerprint density at radius 2 is 1.57 bits per heavy atom. The van der Waals surface area contributed by atoms with Gasteiger partial charge in [0.2, 0.25) is 0 Å².